The van der Waals surface area contributed by atoms with E-state index in [9.17, 15) is 0 Å². The van der Waals surface area contributed by atoms with Crippen molar-refractivity contribution in [2.24, 2.45) is 0 Å². The van der Waals surface area contributed by atoms with Crippen molar-refractivity contribution >= 4 is 21.9 Å². The topological polar surface area (TPSA) is 63.8 Å². The van der Waals surface area contributed by atoms with Gasteiger partial charge in [-0.3, -0.25) is 4.98 Å². The predicted octanol–water partition coefficient (Wildman–Crippen LogP) is 2.33. The lowest BCUT2D eigenvalue weighted by Crippen LogP contribution is -1.96. The quantitative estimate of drug-likeness (QED) is 0.926. The lowest BCUT2D eigenvalue weighted by molar-refractivity contribution is 0.432. The van der Waals surface area contributed by atoms with Crippen LogP contribution in [0.2, 0.25) is 0 Å². The Morgan fingerprint density at radius 3 is 3.13 bits per heavy atom. The molecular weight excluding hydrogens is 260 g/mol. The zero-order chi connectivity index (χ0) is 10.7. The highest BCUT2D eigenvalue weighted by atomic mass is 79.9. The molecule has 0 saturated heterocycles. The van der Waals surface area contributed by atoms with E-state index in [0.717, 1.165) is 11.0 Å². The second-order valence-corrected chi connectivity index (χ2v) is 3.64. The molecule has 6 heteroatoms. The first kappa shape index (κ1) is 10.1. The first-order valence-corrected chi connectivity index (χ1v) is 5.29. The zero-order valence-electron chi connectivity index (χ0n) is 8.07. The average molecular weight is 269 g/mol. The molecule has 1 N–H and O–H groups in total. The van der Waals surface area contributed by atoms with E-state index in [4.69, 9.17) is 4.52 Å². The monoisotopic (exact) mass is 268 g/mol. The van der Waals surface area contributed by atoms with Gasteiger partial charge in [0.15, 0.2) is 0 Å². The first-order valence-electron chi connectivity index (χ1n) is 4.49. The Balaban J connectivity index is 2.33. The van der Waals surface area contributed by atoms with Gasteiger partial charge in [-0.05, 0) is 35.0 Å². The molecule has 0 saturated carbocycles. The van der Waals surface area contributed by atoms with Gasteiger partial charge in [0.25, 0.3) is 0 Å². The maximum absolute atomic E-state index is 4.98. The summed E-state index contributed by atoms with van der Waals surface area (Å²) in [6.07, 6.45) is 1.68. The number of halogens is 1. The molecule has 0 fully saturated rings. The van der Waals surface area contributed by atoms with Crippen molar-refractivity contribution in [3.63, 3.8) is 0 Å². The standard InChI is InChI=1S/C9H9BrN4O/c1-2-11-9-13-8(14-15-9)7-6(10)4-3-5-12-7/h3-5H,2H2,1H3,(H,11,13,14). The van der Waals surface area contributed by atoms with E-state index in [1.165, 1.54) is 0 Å². The maximum atomic E-state index is 4.98. The number of hydrogen-bond acceptors (Lipinski definition) is 5. The van der Waals surface area contributed by atoms with Gasteiger partial charge in [0.2, 0.25) is 5.82 Å². The number of rotatable bonds is 3. The van der Waals surface area contributed by atoms with Crippen LogP contribution < -0.4 is 5.32 Å². The minimum absolute atomic E-state index is 0.407. The lowest BCUT2D eigenvalue weighted by atomic mass is 10.3. The molecule has 2 heterocycles. The number of anilines is 1. The van der Waals surface area contributed by atoms with E-state index in [0.29, 0.717) is 17.5 Å². The summed E-state index contributed by atoms with van der Waals surface area (Å²) in [5.74, 6) is 0.471. The summed E-state index contributed by atoms with van der Waals surface area (Å²) in [5, 5.41) is 6.76. The minimum Gasteiger partial charge on any atom is -0.338 e. The highest BCUT2D eigenvalue weighted by molar-refractivity contribution is 9.10. The Labute approximate surface area is 95.0 Å². The molecule has 2 aromatic heterocycles. The Hall–Kier alpha value is -1.43. The molecule has 0 amide bonds. The van der Waals surface area contributed by atoms with Crippen LogP contribution in [0.5, 0.6) is 0 Å². The van der Waals surface area contributed by atoms with Crippen LogP contribution in [0.15, 0.2) is 27.3 Å². The summed E-state index contributed by atoms with van der Waals surface area (Å²) in [4.78, 5) is 8.31. The number of hydrogen-bond donors (Lipinski definition) is 1. The van der Waals surface area contributed by atoms with Gasteiger partial charge in [-0.1, -0.05) is 5.16 Å². The van der Waals surface area contributed by atoms with Crippen LogP contribution in [0.4, 0.5) is 6.01 Å². The SMILES string of the molecule is CCNc1nc(-c2ncccc2Br)no1. The lowest BCUT2D eigenvalue weighted by Gasteiger charge is -1.95. The largest absolute Gasteiger partial charge is 0.338 e. The molecule has 0 bridgehead atoms. The van der Waals surface area contributed by atoms with Crippen LogP contribution in [-0.4, -0.2) is 21.7 Å². The molecule has 15 heavy (non-hydrogen) atoms. The van der Waals surface area contributed by atoms with Crippen LogP contribution in [0.3, 0.4) is 0 Å². The summed E-state index contributed by atoms with van der Waals surface area (Å²) in [6, 6.07) is 4.12. The number of nitrogens with one attached hydrogen (secondary N) is 1. The van der Waals surface area contributed by atoms with Crippen molar-refractivity contribution in [3.05, 3.63) is 22.8 Å². The third-order valence-corrected chi connectivity index (χ3v) is 2.36. The number of nitrogens with zero attached hydrogens (tertiary/aromatic N) is 3. The smallest absolute Gasteiger partial charge is 0.321 e. The molecule has 0 aliphatic rings. The molecule has 78 valence electrons. The van der Waals surface area contributed by atoms with Crippen LogP contribution in [0.1, 0.15) is 6.92 Å². The summed E-state index contributed by atoms with van der Waals surface area (Å²) in [7, 11) is 0. The molecule has 2 rings (SSSR count). The zero-order valence-corrected chi connectivity index (χ0v) is 9.65. The molecule has 0 unspecified atom stereocenters. The number of aromatic nitrogens is 3. The molecule has 0 atom stereocenters. The van der Waals surface area contributed by atoms with Crippen LogP contribution in [0.25, 0.3) is 11.5 Å². The Bertz CT molecular complexity index is 457. The molecule has 2 aromatic rings. The normalized spacial score (nSPS) is 10.3. The highest BCUT2D eigenvalue weighted by Crippen LogP contribution is 2.23. The van der Waals surface area contributed by atoms with Crippen molar-refractivity contribution in [2.45, 2.75) is 6.92 Å². The van der Waals surface area contributed by atoms with Gasteiger partial charge >= 0.3 is 6.01 Å². The fourth-order valence-electron chi connectivity index (χ4n) is 1.09. The second kappa shape index (κ2) is 4.39. The van der Waals surface area contributed by atoms with E-state index >= 15 is 0 Å². The average Bonchev–Trinajstić information content (AvgIpc) is 2.68. The van der Waals surface area contributed by atoms with Crippen molar-refractivity contribution in [1.29, 1.82) is 0 Å². The highest BCUT2D eigenvalue weighted by Gasteiger charge is 2.11. The van der Waals surface area contributed by atoms with Gasteiger partial charge in [0, 0.05) is 17.2 Å². The summed E-state index contributed by atoms with van der Waals surface area (Å²) >= 11 is 3.38. The fraction of sp³-hybridized carbons (Fsp3) is 0.222. The summed E-state index contributed by atoms with van der Waals surface area (Å²) < 4.78 is 5.82. The third-order valence-electron chi connectivity index (χ3n) is 1.72. The van der Waals surface area contributed by atoms with E-state index < -0.39 is 0 Å². The van der Waals surface area contributed by atoms with E-state index in [1.54, 1.807) is 6.20 Å². The first-order chi connectivity index (χ1) is 7.31. The third kappa shape index (κ3) is 2.15. The van der Waals surface area contributed by atoms with E-state index in [1.807, 2.05) is 19.1 Å². The van der Waals surface area contributed by atoms with Gasteiger partial charge < -0.3 is 9.84 Å². The van der Waals surface area contributed by atoms with Crippen molar-refractivity contribution in [2.75, 3.05) is 11.9 Å². The molecule has 0 aliphatic heterocycles. The molecule has 5 nitrogen and oxygen atoms in total. The second-order valence-electron chi connectivity index (χ2n) is 2.79. The van der Waals surface area contributed by atoms with E-state index in [-0.39, 0.29) is 0 Å². The molecule has 0 aliphatic carbocycles. The fourth-order valence-corrected chi connectivity index (χ4v) is 1.53. The molecule has 0 spiro atoms. The predicted molar refractivity (Wildman–Crippen MR) is 59.4 cm³/mol. The Morgan fingerprint density at radius 1 is 1.53 bits per heavy atom. The Morgan fingerprint density at radius 2 is 2.40 bits per heavy atom. The van der Waals surface area contributed by atoms with Crippen molar-refractivity contribution < 1.29 is 4.52 Å². The molecular formula is C9H9BrN4O. The van der Waals surface area contributed by atoms with Gasteiger partial charge in [-0.15, -0.1) is 0 Å². The van der Waals surface area contributed by atoms with E-state index in [2.05, 4.69) is 36.4 Å². The van der Waals surface area contributed by atoms with Gasteiger partial charge in [-0.25, -0.2) is 0 Å². The minimum atomic E-state index is 0.407. The van der Waals surface area contributed by atoms with Gasteiger partial charge in [0.1, 0.15) is 5.69 Å². The van der Waals surface area contributed by atoms with Crippen molar-refractivity contribution in [1.82, 2.24) is 15.1 Å². The van der Waals surface area contributed by atoms with Gasteiger partial charge in [0.05, 0.1) is 0 Å². The van der Waals surface area contributed by atoms with Crippen LogP contribution in [-0.2, 0) is 0 Å². The summed E-state index contributed by atoms with van der Waals surface area (Å²) in [6.45, 7) is 2.70. The molecule has 0 aromatic carbocycles. The van der Waals surface area contributed by atoms with Crippen LogP contribution in [0, 0.1) is 0 Å². The summed E-state index contributed by atoms with van der Waals surface area (Å²) in [5.41, 5.74) is 0.672. The Kier molecular flexibility index (Phi) is 2.96. The maximum Gasteiger partial charge on any atom is 0.321 e. The van der Waals surface area contributed by atoms with Gasteiger partial charge in [-0.2, -0.15) is 4.98 Å². The number of pyridine rings is 1. The van der Waals surface area contributed by atoms with Crippen LogP contribution >= 0.6 is 15.9 Å². The molecule has 0 radical (unpaired) electrons. The van der Waals surface area contributed by atoms with Crippen molar-refractivity contribution in [3.8, 4) is 11.5 Å².